The summed E-state index contributed by atoms with van der Waals surface area (Å²) in [5.74, 6) is -0.778. The van der Waals surface area contributed by atoms with E-state index in [0.29, 0.717) is 6.54 Å². The zero-order valence-electron chi connectivity index (χ0n) is 10.6. The maximum atomic E-state index is 12.6. The SMILES string of the molecule is CCNc1cc(NC(C)CC)nc(C(F)(F)F)n1. The molecule has 7 heteroatoms. The van der Waals surface area contributed by atoms with Crippen molar-refractivity contribution in [3.63, 3.8) is 0 Å². The summed E-state index contributed by atoms with van der Waals surface area (Å²) in [4.78, 5) is 6.93. The molecule has 0 radical (unpaired) electrons. The lowest BCUT2D eigenvalue weighted by Gasteiger charge is -2.15. The van der Waals surface area contributed by atoms with Crippen LogP contribution in [0.2, 0.25) is 0 Å². The number of hydrogen-bond donors (Lipinski definition) is 2. The zero-order valence-corrected chi connectivity index (χ0v) is 10.6. The molecular weight excluding hydrogens is 245 g/mol. The van der Waals surface area contributed by atoms with Gasteiger partial charge in [-0.3, -0.25) is 0 Å². The molecule has 0 aliphatic carbocycles. The number of alkyl halides is 3. The Bertz CT molecular complexity index is 392. The normalized spacial score (nSPS) is 13.2. The first-order valence-electron chi connectivity index (χ1n) is 5.83. The van der Waals surface area contributed by atoms with Crippen LogP contribution in [0.25, 0.3) is 0 Å². The molecule has 0 spiro atoms. The van der Waals surface area contributed by atoms with Crippen molar-refractivity contribution >= 4 is 11.6 Å². The van der Waals surface area contributed by atoms with Crippen molar-refractivity contribution < 1.29 is 13.2 Å². The Kier molecular flexibility index (Phi) is 4.75. The third-order valence-corrected chi connectivity index (χ3v) is 2.34. The summed E-state index contributed by atoms with van der Waals surface area (Å²) in [5, 5.41) is 5.67. The minimum atomic E-state index is -4.54. The maximum Gasteiger partial charge on any atom is 0.451 e. The van der Waals surface area contributed by atoms with Gasteiger partial charge in [-0.25, -0.2) is 9.97 Å². The van der Waals surface area contributed by atoms with Gasteiger partial charge in [0.15, 0.2) is 0 Å². The second kappa shape index (κ2) is 5.88. The van der Waals surface area contributed by atoms with Crippen LogP contribution in [0, 0.1) is 0 Å². The van der Waals surface area contributed by atoms with E-state index in [9.17, 15) is 13.2 Å². The topological polar surface area (TPSA) is 49.8 Å². The standard InChI is InChI=1S/C11H17F3N4/c1-4-7(3)16-9-6-8(15-5-2)17-10(18-9)11(12,13)14/h6-7H,4-5H2,1-3H3,(H2,15,16,17,18). The number of halogens is 3. The van der Waals surface area contributed by atoms with Gasteiger partial charge in [-0.05, 0) is 20.3 Å². The Labute approximate surface area is 104 Å². The fourth-order valence-corrected chi connectivity index (χ4v) is 1.27. The monoisotopic (exact) mass is 262 g/mol. The van der Waals surface area contributed by atoms with Crippen molar-refractivity contribution in [3.05, 3.63) is 11.9 Å². The fourth-order valence-electron chi connectivity index (χ4n) is 1.27. The summed E-state index contributed by atoms with van der Waals surface area (Å²) in [6.07, 6.45) is -3.75. The van der Waals surface area contributed by atoms with E-state index < -0.39 is 12.0 Å². The zero-order chi connectivity index (χ0) is 13.8. The molecule has 1 aromatic rings. The Morgan fingerprint density at radius 3 is 2.33 bits per heavy atom. The van der Waals surface area contributed by atoms with Crippen molar-refractivity contribution in [1.82, 2.24) is 9.97 Å². The minimum Gasteiger partial charge on any atom is -0.370 e. The third-order valence-electron chi connectivity index (χ3n) is 2.34. The van der Waals surface area contributed by atoms with Crippen LogP contribution in [0.3, 0.4) is 0 Å². The molecule has 0 aliphatic heterocycles. The van der Waals surface area contributed by atoms with E-state index in [4.69, 9.17) is 0 Å². The van der Waals surface area contributed by atoms with Gasteiger partial charge in [-0.1, -0.05) is 6.92 Å². The van der Waals surface area contributed by atoms with Gasteiger partial charge in [-0.2, -0.15) is 13.2 Å². The van der Waals surface area contributed by atoms with E-state index in [0.717, 1.165) is 6.42 Å². The van der Waals surface area contributed by atoms with Crippen LogP contribution in [0.4, 0.5) is 24.8 Å². The molecule has 18 heavy (non-hydrogen) atoms. The predicted octanol–water partition coefficient (Wildman–Crippen LogP) is 3.14. The second-order valence-electron chi connectivity index (χ2n) is 3.94. The van der Waals surface area contributed by atoms with Crippen molar-refractivity contribution in [1.29, 1.82) is 0 Å². The summed E-state index contributed by atoms with van der Waals surface area (Å²) < 4.78 is 37.9. The van der Waals surface area contributed by atoms with E-state index in [1.165, 1.54) is 6.07 Å². The molecule has 1 rings (SSSR count). The second-order valence-corrected chi connectivity index (χ2v) is 3.94. The molecule has 102 valence electrons. The largest absolute Gasteiger partial charge is 0.451 e. The maximum absolute atomic E-state index is 12.6. The fraction of sp³-hybridized carbons (Fsp3) is 0.636. The minimum absolute atomic E-state index is 0.0514. The first kappa shape index (κ1) is 14.5. The summed E-state index contributed by atoms with van der Waals surface area (Å²) in [5.41, 5.74) is 0. The molecule has 1 aromatic heterocycles. The van der Waals surface area contributed by atoms with Crippen LogP contribution >= 0.6 is 0 Å². The molecule has 0 aliphatic rings. The van der Waals surface area contributed by atoms with Crippen LogP contribution in [0.1, 0.15) is 33.0 Å². The highest BCUT2D eigenvalue weighted by molar-refractivity contribution is 5.48. The highest BCUT2D eigenvalue weighted by atomic mass is 19.4. The van der Waals surface area contributed by atoms with Crippen LogP contribution in [0.15, 0.2) is 6.07 Å². The van der Waals surface area contributed by atoms with Crippen molar-refractivity contribution in [3.8, 4) is 0 Å². The van der Waals surface area contributed by atoms with Crippen molar-refractivity contribution in [2.75, 3.05) is 17.2 Å². The Morgan fingerprint density at radius 1 is 1.22 bits per heavy atom. The van der Waals surface area contributed by atoms with E-state index >= 15 is 0 Å². The van der Waals surface area contributed by atoms with Crippen LogP contribution in [-0.4, -0.2) is 22.6 Å². The number of rotatable bonds is 5. The first-order valence-corrected chi connectivity index (χ1v) is 5.83. The molecule has 0 saturated heterocycles. The van der Waals surface area contributed by atoms with E-state index in [1.807, 2.05) is 13.8 Å². The van der Waals surface area contributed by atoms with E-state index in [-0.39, 0.29) is 17.7 Å². The van der Waals surface area contributed by atoms with Crippen molar-refractivity contribution in [2.45, 2.75) is 39.4 Å². The van der Waals surface area contributed by atoms with Crippen LogP contribution in [-0.2, 0) is 6.18 Å². The molecule has 1 unspecified atom stereocenters. The van der Waals surface area contributed by atoms with Gasteiger partial charge < -0.3 is 10.6 Å². The number of nitrogens with zero attached hydrogens (tertiary/aromatic N) is 2. The summed E-state index contributed by atoms with van der Waals surface area (Å²) in [7, 11) is 0. The molecule has 0 amide bonds. The highest BCUT2D eigenvalue weighted by Crippen LogP contribution is 2.28. The Hall–Kier alpha value is -1.53. The molecular formula is C11H17F3N4. The molecule has 1 atom stereocenters. The smallest absolute Gasteiger partial charge is 0.370 e. The number of anilines is 2. The lowest BCUT2D eigenvalue weighted by Crippen LogP contribution is -2.19. The average Bonchev–Trinajstić information content (AvgIpc) is 2.27. The van der Waals surface area contributed by atoms with Gasteiger partial charge in [0.25, 0.3) is 0 Å². The molecule has 0 bridgehead atoms. The molecule has 1 heterocycles. The van der Waals surface area contributed by atoms with Crippen LogP contribution < -0.4 is 10.6 Å². The lowest BCUT2D eigenvalue weighted by atomic mass is 10.2. The van der Waals surface area contributed by atoms with Gasteiger partial charge in [0.05, 0.1) is 0 Å². The quantitative estimate of drug-likeness (QED) is 0.856. The highest BCUT2D eigenvalue weighted by Gasteiger charge is 2.35. The lowest BCUT2D eigenvalue weighted by molar-refractivity contribution is -0.144. The third kappa shape index (κ3) is 4.05. The number of nitrogens with one attached hydrogen (secondary N) is 2. The predicted molar refractivity (Wildman–Crippen MR) is 64.6 cm³/mol. The summed E-state index contributed by atoms with van der Waals surface area (Å²) >= 11 is 0. The summed E-state index contributed by atoms with van der Waals surface area (Å²) in [6, 6.07) is 1.53. The molecule has 0 fully saturated rings. The van der Waals surface area contributed by atoms with E-state index in [2.05, 4.69) is 20.6 Å². The van der Waals surface area contributed by atoms with Gasteiger partial charge in [0.1, 0.15) is 11.6 Å². The van der Waals surface area contributed by atoms with Crippen molar-refractivity contribution in [2.24, 2.45) is 0 Å². The van der Waals surface area contributed by atoms with Gasteiger partial charge in [0, 0.05) is 18.7 Å². The molecule has 4 nitrogen and oxygen atoms in total. The molecule has 0 aromatic carbocycles. The Morgan fingerprint density at radius 2 is 1.83 bits per heavy atom. The first-order chi connectivity index (χ1) is 8.36. The molecule has 2 N–H and O–H groups in total. The molecule has 0 saturated carbocycles. The Balaban J connectivity index is 3.06. The van der Waals surface area contributed by atoms with Gasteiger partial charge >= 0.3 is 6.18 Å². The van der Waals surface area contributed by atoms with Gasteiger partial charge in [-0.15, -0.1) is 0 Å². The average molecular weight is 262 g/mol. The summed E-state index contributed by atoms with van der Waals surface area (Å²) in [6.45, 7) is 6.10. The van der Waals surface area contributed by atoms with E-state index in [1.54, 1.807) is 6.92 Å². The number of hydrogen-bond acceptors (Lipinski definition) is 4. The van der Waals surface area contributed by atoms with Crippen LogP contribution in [0.5, 0.6) is 0 Å². The van der Waals surface area contributed by atoms with Gasteiger partial charge in [0.2, 0.25) is 5.82 Å². The number of aromatic nitrogens is 2.